The predicted octanol–water partition coefficient (Wildman–Crippen LogP) is 3.80. The standard InChI is InChI=1S/C20H22N2O4S2/c1-4-27-15-8-6-5-7-14(15)18(24)21-19-17(20(25)26-3)13-9-10-22(12(2)23)11-16(13)28-19/h5-8H,4,9-11H2,1-3H3,(H,21,24). The van der Waals surface area contributed by atoms with Gasteiger partial charge in [-0.05, 0) is 29.9 Å². The fourth-order valence-corrected chi connectivity index (χ4v) is 5.23. The molecule has 0 atom stereocenters. The highest BCUT2D eigenvalue weighted by molar-refractivity contribution is 7.99. The van der Waals surface area contributed by atoms with Crippen molar-refractivity contribution in [2.24, 2.45) is 0 Å². The quantitative estimate of drug-likeness (QED) is 0.590. The lowest BCUT2D eigenvalue weighted by atomic mass is 10.0. The first-order chi connectivity index (χ1) is 13.5. The lowest BCUT2D eigenvalue weighted by molar-refractivity contribution is -0.129. The van der Waals surface area contributed by atoms with E-state index in [9.17, 15) is 14.4 Å². The van der Waals surface area contributed by atoms with Crippen molar-refractivity contribution < 1.29 is 19.1 Å². The summed E-state index contributed by atoms with van der Waals surface area (Å²) in [5, 5.41) is 3.38. The van der Waals surface area contributed by atoms with E-state index in [2.05, 4.69) is 5.32 Å². The molecular formula is C20H22N2O4S2. The van der Waals surface area contributed by atoms with Gasteiger partial charge in [0, 0.05) is 23.2 Å². The molecule has 3 rings (SSSR count). The molecule has 1 aliphatic rings. The van der Waals surface area contributed by atoms with Gasteiger partial charge in [0.1, 0.15) is 5.00 Å². The summed E-state index contributed by atoms with van der Waals surface area (Å²) in [4.78, 5) is 40.6. The van der Waals surface area contributed by atoms with Crippen LogP contribution in [0.15, 0.2) is 29.2 Å². The van der Waals surface area contributed by atoms with Gasteiger partial charge < -0.3 is 15.0 Å². The smallest absolute Gasteiger partial charge is 0.341 e. The summed E-state index contributed by atoms with van der Waals surface area (Å²) < 4.78 is 4.96. The number of esters is 1. The Morgan fingerprint density at radius 2 is 2.04 bits per heavy atom. The van der Waals surface area contributed by atoms with E-state index in [1.165, 1.54) is 25.4 Å². The second kappa shape index (κ2) is 8.79. The van der Waals surface area contributed by atoms with Crippen molar-refractivity contribution in [1.82, 2.24) is 4.90 Å². The number of carbonyl (C=O) groups is 3. The zero-order valence-corrected chi connectivity index (χ0v) is 17.7. The molecule has 0 fully saturated rings. The summed E-state index contributed by atoms with van der Waals surface area (Å²) in [7, 11) is 1.33. The summed E-state index contributed by atoms with van der Waals surface area (Å²) in [5.74, 6) is 0.116. The van der Waals surface area contributed by atoms with Gasteiger partial charge in [-0.25, -0.2) is 4.79 Å². The summed E-state index contributed by atoms with van der Waals surface area (Å²) >= 11 is 2.93. The molecule has 0 bridgehead atoms. The minimum absolute atomic E-state index is 0.00484. The Morgan fingerprint density at radius 1 is 1.29 bits per heavy atom. The van der Waals surface area contributed by atoms with Crippen LogP contribution in [0.2, 0.25) is 0 Å². The third-order valence-corrected chi connectivity index (χ3v) is 6.64. The van der Waals surface area contributed by atoms with Gasteiger partial charge in [-0.15, -0.1) is 23.1 Å². The highest BCUT2D eigenvalue weighted by Gasteiger charge is 2.30. The van der Waals surface area contributed by atoms with Gasteiger partial charge in [0.25, 0.3) is 5.91 Å². The van der Waals surface area contributed by atoms with E-state index in [-0.39, 0.29) is 11.8 Å². The number of carbonyl (C=O) groups excluding carboxylic acids is 3. The number of rotatable bonds is 5. The van der Waals surface area contributed by atoms with Gasteiger partial charge in [0.05, 0.1) is 24.8 Å². The van der Waals surface area contributed by atoms with E-state index in [4.69, 9.17) is 4.74 Å². The van der Waals surface area contributed by atoms with Gasteiger partial charge in [0.15, 0.2) is 0 Å². The molecule has 1 aromatic carbocycles. The topological polar surface area (TPSA) is 75.7 Å². The van der Waals surface area contributed by atoms with Crippen molar-refractivity contribution in [2.75, 3.05) is 24.7 Å². The fraction of sp³-hybridized carbons (Fsp3) is 0.350. The number of anilines is 1. The van der Waals surface area contributed by atoms with Crippen LogP contribution in [0.1, 0.15) is 45.0 Å². The Morgan fingerprint density at radius 3 is 2.71 bits per heavy atom. The Kier molecular flexibility index (Phi) is 6.41. The summed E-state index contributed by atoms with van der Waals surface area (Å²) in [6.45, 7) is 4.55. The van der Waals surface area contributed by atoms with Crippen LogP contribution in [0.25, 0.3) is 0 Å². The molecule has 6 nitrogen and oxygen atoms in total. The SMILES string of the molecule is CCSc1ccccc1C(=O)Nc1sc2c(c1C(=O)OC)CCN(C(C)=O)C2. The van der Waals surface area contributed by atoms with Crippen LogP contribution < -0.4 is 5.32 Å². The number of amides is 2. The second-order valence-corrected chi connectivity index (χ2v) is 8.68. The molecule has 0 saturated heterocycles. The molecule has 0 spiro atoms. The second-order valence-electron chi connectivity index (χ2n) is 6.27. The number of methoxy groups -OCH3 is 1. The summed E-state index contributed by atoms with van der Waals surface area (Å²) in [6.07, 6.45) is 0.563. The average molecular weight is 419 g/mol. The molecule has 2 heterocycles. The Hall–Kier alpha value is -2.32. The van der Waals surface area contributed by atoms with E-state index in [0.717, 1.165) is 21.1 Å². The van der Waals surface area contributed by atoms with Crippen LogP contribution in [-0.4, -0.2) is 42.1 Å². The van der Waals surface area contributed by atoms with E-state index in [0.29, 0.717) is 35.6 Å². The van der Waals surface area contributed by atoms with Crippen LogP contribution in [0.4, 0.5) is 5.00 Å². The Labute approximate surface area is 172 Å². The third kappa shape index (κ3) is 4.07. The average Bonchev–Trinajstić information content (AvgIpc) is 3.04. The van der Waals surface area contributed by atoms with Crippen LogP contribution in [0.3, 0.4) is 0 Å². The molecule has 1 aliphatic heterocycles. The highest BCUT2D eigenvalue weighted by Crippen LogP contribution is 2.38. The number of benzene rings is 1. The van der Waals surface area contributed by atoms with Gasteiger partial charge >= 0.3 is 5.97 Å². The monoisotopic (exact) mass is 418 g/mol. The van der Waals surface area contributed by atoms with E-state index >= 15 is 0 Å². The molecule has 0 aliphatic carbocycles. The zero-order valence-electron chi connectivity index (χ0n) is 16.0. The van der Waals surface area contributed by atoms with Crippen LogP contribution in [0, 0.1) is 0 Å². The molecule has 28 heavy (non-hydrogen) atoms. The number of nitrogens with zero attached hydrogens (tertiary/aromatic N) is 1. The predicted molar refractivity (Wildman–Crippen MR) is 111 cm³/mol. The van der Waals surface area contributed by atoms with Crippen LogP contribution >= 0.6 is 23.1 Å². The van der Waals surface area contributed by atoms with Gasteiger partial charge in [-0.3, -0.25) is 9.59 Å². The minimum atomic E-state index is -0.472. The first-order valence-electron chi connectivity index (χ1n) is 8.97. The van der Waals surface area contributed by atoms with Gasteiger partial charge in [0.2, 0.25) is 5.91 Å². The number of thioether (sulfide) groups is 1. The molecule has 1 aromatic heterocycles. The first kappa shape index (κ1) is 20.4. The maximum Gasteiger partial charge on any atom is 0.341 e. The lowest BCUT2D eigenvalue weighted by Crippen LogP contribution is -2.33. The van der Waals surface area contributed by atoms with E-state index in [1.54, 1.807) is 22.7 Å². The lowest BCUT2D eigenvalue weighted by Gasteiger charge is -2.25. The Bertz CT molecular complexity index is 923. The number of fused-ring (bicyclic) bond motifs is 1. The molecule has 2 amide bonds. The molecule has 0 radical (unpaired) electrons. The largest absolute Gasteiger partial charge is 0.465 e. The molecule has 0 saturated carbocycles. The number of hydrogen-bond donors (Lipinski definition) is 1. The number of thiophene rings is 1. The normalized spacial score (nSPS) is 13.0. The van der Waals surface area contributed by atoms with E-state index in [1.807, 2.05) is 25.1 Å². The maximum absolute atomic E-state index is 12.9. The summed E-state index contributed by atoms with van der Waals surface area (Å²) in [6, 6.07) is 7.40. The van der Waals surface area contributed by atoms with Crippen molar-refractivity contribution in [2.45, 2.75) is 31.7 Å². The molecular weight excluding hydrogens is 396 g/mol. The number of ether oxygens (including phenoxy) is 1. The van der Waals surface area contributed by atoms with Crippen molar-refractivity contribution in [3.05, 3.63) is 45.8 Å². The Balaban J connectivity index is 1.95. The highest BCUT2D eigenvalue weighted by atomic mass is 32.2. The maximum atomic E-state index is 12.9. The molecule has 1 N–H and O–H groups in total. The van der Waals surface area contributed by atoms with Gasteiger partial charge in [-0.2, -0.15) is 0 Å². The number of nitrogens with one attached hydrogen (secondary N) is 1. The minimum Gasteiger partial charge on any atom is -0.465 e. The van der Waals surface area contributed by atoms with Crippen molar-refractivity contribution in [3.8, 4) is 0 Å². The fourth-order valence-electron chi connectivity index (χ4n) is 3.18. The molecule has 2 aromatic rings. The van der Waals surface area contributed by atoms with Crippen LogP contribution in [-0.2, 0) is 22.5 Å². The molecule has 0 unspecified atom stereocenters. The van der Waals surface area contributed by atoms with Gasteiger partial charge in [-0.1, -0.05) is 19.1 Å². The first-order valence-corrected chi connectivity index (χ1v) is 10.8. The van der Waals surface area contributed by atoms with Crippen LogP contribution in [0.5, 0.6) is 0 Å². The molecule has 148 valence electrons. The zero-order chi connectivity index (χ0) is 20.3. The summed E-state index contributed by atoms with van der Waals surface area (Å²) in [5.41, 5.74) is 1.84. The van der Waals surface area contributed by atoms with E-state index < -0.39 is 5.97 Å². The van der Waals surface area contributed by atoms with Crippen molar-refractivity contribution in [1.29, 1.82) is 0 Å². The number of hydrogen-bond acceptors (Lipinski definition) is 6. The third-order valence-electron chi connectivity index (χ3n) is 4.55. The van der Waals surface area contributed by atoms with Crippen molar-refractivity contribution >= 4 is 45.9 Å². The molecule has 8 heteroatoms. The van der Waals surface area contributed by atoms with Crippen molar-refractivity contribution in [3.63, 3.8) is 0 Å².